The first-order valence-electron chi connectivity index (χ1n) is 3.69. The molecule has 9 heteroatoms. The van der Waals surface area contributed by atoms with Crippen molar-refractivity contribution < 1.29 is 44.8 Å². The molecule has 0 aliphatic carbocycles. The minimum atomic E-state index is -4.28. The van der Waals surface area contributed by atoms with E-state index in [0.717, 1.165) is 0 Å². The van der Waals surface area contributed by atoms with Crippen molar-refractivity contribution in [2.75, 3.05) is 0 Å². The van der Waals surface area contributed by atoms with Crippen molar-refractivity contribution in [1.82, 2.24) is 0 Å². The van der Waals surface area contributed by atoms with Crippen LogP contribution in [0.4, 0.5) is 12.9 Å². The molecule has 0 saturated carbocycles. The van der Waals surface area contributed by atoms with E-state index in [2.05, 4.69) is 0 Å². The molecule has 0 bridgehead atoms. The monoisotopic (exact) mass is 246 g/mol. The minimum Gasteiger partial charge on any atom is -0.744 e. The topological polar surface area (TPSA) is 57.2 Å². The van der Waals surface area contributed by atoms with E-state index < -0.39 is 17.7 Å². The maximum absolute atomic E-state index is 10.5. The molecule has 0 saturated heterocycles. The van der Waals surface area contributed by atoms with Crippen LogP contribution in [0.2, 0.25) is 0 Å². The molecule has 1 aromatic rings. The number of hydrogen-bond acceptors (Lipinski definition) is 3. The molecular weight excluding hydrogens is 239 g/mol. The van der Waals surface area contributed by atoms with E-state index in [-0.39, 0.29) is 23.8 Å². The van der Waals surface area contributed by atoms with Crippen LogP contribution in [0.25, 0.3) is 0 Å². The van der Waals surface area contributed by atoms with Gasteiger partial charge in [-0.1, -0.05) is 18.2 Å². The Morgan fingerprint density at radius 2 is 1.56 bits per heavy atom. The van der Waals surface area contributed by atoms with Crippen molar-refractivity contribution >= 4 is 17.7 Å². The smallest absolute Gasteiger partial charge is 0.744 e. The Morgan fingerprint density at radius 1 is 1.19 bits per heavy atom. The summed E-state index contributed by atoms with van der Waals surface area (Å²) >= 11 is 0. The molecule has 0 unspecified atom stereocenters. The van der Waals surface area contributed by atoms with Gasteiger partial charge in [0.2, 0.25) is 0 Å². The molecule has 0 aliphatic heterocycles. The molecule has 3 nitrogen and oxygen atoms in total. The van der Waals surface area contributed by atoms with Gasteiger partial charge in [-0.15, -0.1) is 0 Å². The largest absolute Gasteiger partial charge is 1.00 e. The summed E-state index contributed by atoms with van der Waals surface area (Å²) in [5.74, 6) is 0. The normalized spacial score (nSPS) is 9.56. The average Bonchev–Trinajstić information content (AvgIpc) is 2.01. The van der Waals surface area contributed by atoms with Gasteiger partial charge in [-0.3, -0.25) is 12.9 Å². The van der Waals surface area contributed by atoms with E-state index in [9.17, 15) is 25.9 Å². The number of aryl methyl sites for hydroxylation is 1. The van der Waals surface area contributed by atoms with Gasteiger partial charge in [0.05, 0.1) is 4.90 Å². The molecule has 1 rings (SSSR count). The van der Waals surface area contributed by atoms with Crippen LogP contribution in [-0.4, -0.2) is 20.5 Å². The van der Waals surface area contributed by atoms with Gasteiger partial charge in [-0.25, -0.2) is 8.42 Å². The molecule has 0 spiro atoms. The Bertz CT molecular complexity index is 410. The maximum Gasteiger partial charge on any atom is 1.00 e. The summed E-state index contributed by atoms with van der Waals surface area (Å²) < 4.78 is 60.5. The third-order valence-electron chi connectivity index (χ3n) is 1.36. The van der Waals surface area contributed by atoms with Crippen LogP contribution < -0.4 is 18.9 Å². The SMILES string of the molecule is Cc1ccccc1S(=O)(=O)[O-].FB(F)F.[Li+]. The molecule has 1 aromatic carbocycles. The summed E-state index contributed by atoms with van der Waals surface area (Å²) in [4.78, 5) is -0.139. The molecule has 0 fully saturated rings. The van der Waals surface area contributed by atoms with Crippen molar-refractivity contribution in [2.45, 2.75) is 11.8 Å². The predicted octanol–water partition coefficient (Wildman–Crippen LogP) is -1.22. The zero-order chi connectivity index (χ0) is 12.1. The van der Waals surface area contributed by atoms with Gasteiger partial charge in [0.25, 0.3) is 0 Å². The number of halogens is 3. The maximum atomic E-state index is 10.5. The van der Waals surface area contributed by atoms with E-state index in [1.165, 1.54) is 12.1 Å². The fourth-order valence-corrected chi connectivity index (χ4v) is 1.54. The van der Waals surface area contributed by atoms with E-state index in [1.807, 2.05) is 0 Å². The van der Waals surface area contributed by atoms with Crippen molar-refractivity contribution in [3.63, 3.8) is 0 Å². The van der Waals surface area contributed by atoms with E-state index in [4.69, 9.17) is 0 Å². The van der Waals surface area contributed by atoms with Gasteiger partial charge in [-0.2, -0.15) is 0 Å². The minimum absolute atomic E-state index is 0. The predicted molar refractivity (Wildman–Crippen MR) is 48.2 cm³/mol. The molecule has 0 atom stereocenters. The van der Waals surface area contributed by atoms with Gasteiger partial charge >= 0.3 is 26.4 Å². The fraction of sp³-hybridized carbons (Fsp3) is 0.143. The first-order chi connectivity index (χ1) is 6.75. The fourth-order valence-electron chi connectivity index (χ4n) is 0.837. The first kappa shape index (κ1) is 18.0. The van der Waals surface area contributed by atoms with Gasteiger partial charge in [0, 0.05) is 0 Å². The Hall–Kier alpha value is -0.418. The molecule has 0 amide bonds. The second kappa shape index (κ2) is 7.79. The molecule has 0 radical (unpaired) electrons. The summed E-state index contributed by atoms with van der Waals surface area (Å²) in [5.41, 5.74) is 0.488. The molecule has 0 aliphatic rings. The van der Waals surface area contributed by atoms with E-state index >= 15 is 0 Å². The van der Waals surface area contributed by atoms with Gasteiger partial charge in [0.1, 0.15) is 10.1 Å². The van der Waals surface area contributed by atoms with Crippen LogP contribution >= 0.6 is 0 Å². The van der Waals surface area contributed by atoms with Crippen LogP contribution in [0.3, 0.4) is 0 Å². The average molecular weight is 246 g/mol. The first-order valence-corrected chi connectivity index (χ1v) is 5.09. The molecule has 0 heterocycles. The molecule has 16 heavy (non-hydrogen) atoms. The Labute approximate surface area is 104 Å². The van der Waals surface area contributed by atoms with E-state index in [0.29, 0.717) is 5.56 Å². The molecule has 0 N–H and O–H groups in total. The Balaban J connectivity index is 0. The summed E-state index contributed by atoms with van der Waals surface area (Å²) in [5, 5.41) is 0. The van der Waals surface area contributed by atoms with Crippen LogP contribution in [0.5, 0.6) is 0 Å². The van der Waals surface area contributed by atoms with Crippen LogP contribution in [0, 0.1) is 6.92 Å². The zero-order valence-corrected chi connectivity index (χ0v) is 9.47. The molecule has 84 valence electrons. The van der Waals surface area contributed by atoms with E-state index in [1.54, 1.807) is 19.1 Å². The van der Waals surface area contributed by atoms with Gasteiger partial charge < -0.3 is 4.55 Å². The number of rotatable bonds is 1. The number of benzene rings is 1. The summed E-state index contributed by atoms with van der Waals surface area (Å²) in [7, 11) is -7.95. The van der Waals surface area contributed by atoms with Crippen molar-refractivity contribution in [3.05, 3.63) is 29.8 Å². The molecule has 0 aromatic heterocycles. The van der Waals surface area contributed by atoms with Crippen LogP contribution in [0.1, 0.15) is 5.56 Å². The van der Waals surface area contributed by atoms with Crippen LogP contribution in [-0.2, 0) is 10.1 Å². The second-order valence-corrected chi connectivity index (χ2v) is 3.82. The second-order valence-electron chi connectivity index (χ2n) is 2.47. The quantitative estimate of drug-likeness (QED) is 0.461. The number of hydrogen-bond donors (Lipinski definition) is 0. The van der Waals surface area contributed by atoms with Gasteiger partial charge in [-0.05, 0) is 18.6 Å². The summed E-state index contributed by atoms with van der Waals surface area (Å²) in [6.45, 7) is 1.59. The zero-order valence-electron chi connectivity index (χ0n) is 8.65. The van der Waals surface area contributed by atoms with Crippen molar-refractivity contribution in [3.8, 4) is 0 Å². The Kier molecular flexibility index (Phi) is 8.75. The van der Waals surface area contributed by atoms with Gasteiger partial charge in [0.15, 0.2) is 0 Å². The Morgan fingerprint density at radius 3 is 1.81 bits per heavy atom. The molecular formula is C7H7BF3LiO3S. The third-order valence-corrected chi connectivity index (χ3v) is 2.36. The van der Waals surface area contributed by atoms with Crippen molar-refractivity contribution in [2.24, 2.45) is 0 Å². The van der Waals surface area contributed by atoms with Crippen molar-refractivity contribution in [1.29, 1.82) is 0 Å². The summed E-state index contributed by atoms with van der Waals surface area (Å²) in [6, 6.07) is 6.10. The standard InChI is InChI=1S/C7H8O3S.BF3.Li/c1-6-4-2-3-5-7(6)11(8,9)10;2-1(3)4;/h2-5H,1H3,(H,8,9,10);;/q;;+1/p-1. The third kappa shape index (κ3) is 7.82. The summed E-state index contributed by atoms with van der Waals surface area (Å²) in [6.07, 6.45) is 0. The van der Waals surface area contributed by atoms with Crippen LogP contribution in [0.15, 0.2) is 29.2 Å².